The quantitative estimate of drug-likeness (QED) is 0.0862. The minimum absolute atomic E-state index is 0.0610. The molecule has 0 spiro atoms. The zero-order valence-corrected chi connectivity index (χ0v) is 24.6. The molecule has 41 heavy (non-hydrogen) atoms. The van der Waals surface area contributed by atoms with Crippen LogP contribution in [0.4, 0.5) is 0 Å². The molecule has 1 atom stereocenters. The number of hydrogen-bond donors (Lipinski definition) is 6. The van der Waals surface area contributed by atoms with Crippen molar-refractivity contribution in [2.24, 2.45) is 5.73 Å². The number of aromatic amines is 1. The van der Waals surface area contributed by atoms with Crippen LogP contribution in [0.1, 0.15) is 76.8 Å². The summed E-state index contributed by atoms with van der Waals surface area (Å²) in [5.41, 5.74) is 5.88. The van der Waals surface area contributed by atoms with Gasteiger partial charge in [0.2, 0.25) is 23.6 Å². The van der Waals surface area contributed by atoms with Crippen molar-refractivity contribution in [2.45, 2.75) is 83.6 Å². The van der Waals surface area contributed by atoms with Crippen molar-refractivity contribution < 1.29 is 28.7 Å². The van der Waals surface area contributed by atoms with Crippen molar-refractivity contribution >= 4 is 23.6 Å². The van der Waals surface area contributed by atoms with Crippen molar-refractivity contribution in [3.63, 3.8) is 0 Å². The van der Waals surface area contributed by atoms with Crippen LogP contribution in [0, 0.1) is 0 Å². The number of nitrogens with two attached hydrogens (primary N) is 1. The Kier molecular flexibility index (Phi) is 21.7. The lowest BCUT2D eigenvalue weighted by Gasteiger charge is -2.18. The van der Waals surface area contributed by atoms with E-state index in [-0.39, 0.29) is 38.6 Å². The molecule has 234 valence electrons. The van der Waals surface area contributed by atoms with Gasteiger partial charge in [-0.05, 0) is 6.42 Å². The van der Waals surface area contributed by atoms with Crippen LogP contribution in [-0.2, 0) is 35.1 Å². The monoisotopic (exact) mass is 581 g/mol. The van der Waals surface area contributed by atoms with E-state index in [4.69, 9.17) is 15.2 Å². The summed E-state index contributed by atoms with van der Waals surface area (Å²) >= 11 is 0. The van der Waals surface area contributed by atoms with Crippen LogP contribution in [0.2, 0.25) is 0 Å². The first-order valence-corrected chi connectivity index (χ1v) is 14.9. The molecule has 0 aliphatic carbocycles. The third-order valence-corrected chi connectivity index (χ3v) is 6.26. The van der Waals surface area contributed by atoms with Crippen LogP contribution in [-0.4, -0.2) is 92.2 Å². The van der Waals surface area contributed by atoms with Gasteiger partial charge in [0.05, 0.1) is 45.8 Å². The van der Waals surface area contributed by atoms with E-state index in [9.17, 15) is 19.2 Å². The minimum Gasteiger partial charge on any atom is -0.377 e. The van der Waals surface area contributed by atoms with Gasteiger partial charge >= 0.3 is 0 Å². The summed E-state index contributed by atoms with van der Waals surface area (Å²) in [6, 6.07) is -0.864. The molecule has 0 bridgehead atoms. The van der Waals surface area contributed by atoms with E-state index in [1.807, 2.05) is 0 Å². The van der Waals surface area contributed by atoms with Gasteiger partial charge in [0, 0.05) is 37.8 Å². The fourth-order valence-corrected chi connectivity index (χ4v) is 3.96. The molecule has 0 aliphatic heterocycles. The Morgan fingerprint density at radius 2 is 1.46 bits per heavy atom. The Hall–Kier alpha value is -3.03. The number of H-pyrrole nitrogens is 1. The van der Waals surface area contributed by atoms with Crippen LogP contribution in [0.15, 0.2) is 12.5 Å². The summed E-state index contributed by atoms with van der Waals surface area (Å²) in [6.07, 6.45) is 14.9. The molecule has 0 unspecified atom stereocenters. The predicted molar refractivity (Wildman–Crippen MR) is 156 cm³/mol. The number of nitrogens with zero attached hydrogens (tertiary/aromatic N) is 1. The van der Waals surface area contributed by atoms with Gasteiger partial charge in [-0.1, -0.05) is 58.3 Å². The number of unbranched alkanes of at least 4 members (excludes halogenated alkanes) is 8. The normalized spacial score (nSPS) is 11.6. The van der Waals surface area contributed by atoms with E-state index in [0.29, 0.717) is 38.5 Å². The molecule has 1 rings (SSSR count). The van der Waals surface area contributed by atoms with Gasteiger partial charge in [0.15, 0.2) is 0 Å². The van der Waals surface area contributed by atoms with Crippen molar-refractivity contribution in [3.05, 3.63) is 18.2 Å². The molecule has 13 nitrogen and oxygen atoms in total. The maximum absolute atomic E-state index is 12.6. The molecule has 0 aliphatic rings. The highest BCUT2D eigenvalue weighted by molar-refractivity contribution is 5.90. The number of hydrogen-bond acceptors (Lipinski definition) is 8. The molecule has 1 heterocycles. The lowest BCUT2D eigenvalue weighted by Crippen LogP contribution is -2.51. The third kappa shape index (κ3) is 20.5. The van der Waals surface area contributed by atoms with E-state index in [1.165, 1.54) is 51.3 Å². The maximum Gasteiger partial charge on any atom is 0.243 e. The minimum atomic E-state index is -0.864. The highest BCUT2D eigenvalue weighted by Gasteiger charge is 2.21. The molecule has 0 radical (unpaired) electrons. The number of rotatable bonds is 26. The lowest BCUT2D eigenvalue weighted by molar-refractivity contribution is -0.129. The summed E-state index contributed by atoms with van der Waals surface area (Å²) in [6.45, 7) is 3.81. The lowest BCUT2D eigenvalue weighted by atomic mass is 10.1. The van der Waals surface area contributed by atoms with Crippen molar-refractivity contribution in [3.8, 4) is 0 Å². The van der Waals surface area contributed by atoms with Gasteiger partial charge < -0.3 is 41.5 Å². The number of imidazole rings is 1. The fraction of sp³-hybridized carbons (Fsp3) is 0.750. The molecule has 0 saturated heterocycles. The Morgan fingerprint density at radius 1 is 0.829 bits per heavy atom. The van der Waals surface area contributed by atoms with Gasteiger partial charge in [0.1, 0.15) is 6.04 Å². The molecule has 0 fully saturated rings. The first kappa shape index (κ1) is 36.0. The maximum atomic E-state index is 12.6. The van der Waals surface area contributed by atoms with Crippen LogP contribution in [0.3, 0.4) is 0 Å². The molecule has 0 aromatic carbocycles. The molecule has 13 heteroatoms. The van der Waals surface area contributed by atoms with Crippen LogP contribution >= 0.6 is 0 Å². The van der Waals surface area contributed by atoms with Crippen molar-refractivity contribution in [1.29, 1.82) is 0 Å². The number of ether oxygens (including phenoxy) is 2. The highest BCUT2D eigenvalue weighted by atomic mass is 16.5. The summed E-state index contributed by atoms with van der Waals surface area (Å²) in [5, 5.41) is 10.6. The van der Waals surface area contributed by atoms with E-state index in [2.05, 4.69) is 38.2 Å². The Labute approximate surface area is 243 Å². The number of aromatic nitrogens is 2. The molecular weight excluding hydrogens is 530 g/mol. The molecule has 4 amide bonds. The first-order valence-electron chi connectivity index (χ1n) is 14.9. The van der Waals surface area contributed by atoms with E-state index < -0.39 is 23.8 Å². The van der Waals surface area contributed by atoms with E-state index in [1.54, 1.807) is 6.20 Å². The fourth-order valence-electron chi connectivity index (χ4n) is 3.96. The van der Waals surface area contributed by atoms with Crippen LogP contribution in [0.5, 0.6) is 0 Å². The summed E-state index contributed by atoms with van der Waals surface area (Å²) in [4.78, 5) is 54.8. The Bertz CT molecular complexity index is 838. The Morgan fingerprint density at radius 3 is 2.07 bits per heavy atom. The average molecular weight is 582 g/mol. The second kappa shape index (κ2) is 24.7. The van der Waals surface area contributed by atoms with Gasteiger partial charge in [-0.15, -0.1) is 0 Å². The summed E-state index contributed by atoms with van der Waals surface area (Å²) in [5.74, 6) is -1.31. The van der Waals surface area contributed by atoms with E-state index >= 15 is 0 Å². The molecule has 1 aromatic heterocycles. The third-order valence-electron chi connectivity index (χ3n) is 6.26. The smallest absolute Gasteiger partial charge is 0.243 e. The van der Waals surface area contributed by atoms with E-state index in [0.717, 1.165) is 12.8 Å². The SMILES string of the molecule is CCCCCCCCCCCC(=O)NCCOCCOCCNC(=O)[C@H](Cc1cnc[nH]1)NC(=O)CNC(=O)CN. The largest absolute Gasteiger partial charge is 0.377 e. The van der Waals surface area contributed by atoms with Gasteiger partial charge in [0.25, 0.3) is 0 Å². The standard InChI is InChI=1S/C28H51N7O6/c1-2-3-4-5-6-7-8-9-10-11-25(36)31-12-14-40-16-17-41-15-13-32-28(39)24(18-23-20-30-22-34-23)35-27(38)21-33-26(37)19-29/h20,22,24H,2-19,21,29H2,1H3,(H,30,34)(H,31,36)(H,32,39)(H,33,37)(H,35,38)/t24-/m0/s1. The number of amides is 4. The number of carbonyl (C=O) groups excluding carboxylic acids is 4. The average Bonchev–Trinajstić information content (AvgIpc) is 3.48. The predicted octanol–water partition coefficient (Wildman–Crippen LogP) is 0.698. The van der Waals surface area contributed by atoms with Crippen molar-refractivity contribution in [2.75, 3.05) is 52.6 Å². The zero-order chi connectivity index (χ0) is 30.0. The number of carbonyl (C=O) groups is 4. The molecule has 0 saturated carbocycles. The van der Waals surface area contributed by atoms with Crippen LogP contribution < -0.4 is 27.0 Å². The molecular formula is C28H51N7O6. The molecule has 7 N–H and O–H groups in total. The zero-order valence-electron chi connectivity index (χ0n) is 24.6. The first-order chi connectivity index (χ1) is 20.0. The van der Waals surface area contributed by atoms with Gasteiger partial charge in [-0.3, -0.25) is 19.2 Å². The van der Waals surface area contributed by atoms with Gasteiger partial charge in [-0.2, -0.15) is 0 Å². The Balaban J connectivity index is 2.06. The number of nitrogens with one attached hydrogen (secondary N) is 5. The molecule has 1 aromatic rings. The highest BCUT2D eigenvalue weighted by Crippen LogP contribution is 2.10. The van der Waals surface area contributed by atoms with Gasteiger partial charge in [-0.25, -0.2) is 4.98 Å². The second-order valence-corrected chi connectivity index (χ2v) is 9.83. The summed E-state index contributed by atoms with van der Waals surface area (Å²) in [7, 11) is 0. The van der Waals surface area contributed by atoms with Crippen LogP contribution in [0.25, 0.3) is 0 Å². The second-order valence-electron chi connectivity index (χ2n) is 9.83. The van der Waals surface area contributed by atoms with Crippen molar-refractivity contribution in [1.82, 2.24) is 31.2 Å². The summed E-state index contributed by atoms with van der Waals surface area (Å²) < 4.78 is 11.0. The topological polar surface area (TPSA) is 190 Å².